The third-order valence-electron chi connectivity index (χ3n) is 5.27. The van der Waals surface area contributed by atoms with Crippen molar-refractivity contribution in [2.45, 2.75) is 31.2 Å². The molecule has 1 amide bonds. The lowest BCUT2D eigenvalue weighted by Crippen LogP contribution is -2.28. The van der Waals surface area contributed by atoms with Crippen molar-refractivity contribution >= 4 is 21.6 Å². The summed E-state index contributed by atoms with van der Waals surface area (Å²) in [5.41, 5.74) is 3.17. The second kappa shape index (κ2) is 9.35. The van der Waals surface area contributed by atoms with E-state index in [1.54, 1.807) is 66.5 Å². The molecule has 0 bridgehead atoms. The van der Waals surface area contributed by atoms with Gasteiger partial charge in [0.1, 0.15) is 0 Å². The van der Waals surface area contributed by atoms with Gasteiger partial charge in [0.15, 0.2) is 0 Å². The van der Waals surface area contributed by atoms with Crippen molar-refractivity contribution < 1.29 is 13.2 Å². The molecule has 0 radical (unpaired) electrons. The molecule has 0 aliphatic heterocycles. The molecule has 0 atom stereocenters. The van der Waals surface area contributed by atoms with Gasteiger partial charge in [-0.1, -0.05) is 62.4 Å². The van der Waals surface area contributed by atoms with Crippen LogP contribution in [-0.4, -0.2) is 33.3 Å². The molecule has 3 aromatic carbocycles. The Kier molecular flexibility index (Phi) is 6.81. The molecule has 0 spiro atoms. The van der Waals surface area contributed by atoms with Crippen LogP contribution in [0.25, 0.3) is 0 Å². The van der Waals surface area contributed by atoms with Crippen LogP contribution in [0.4, 0.5) is 5.69 Å². The van der Waals surface area contributed by atoms with Crippen molar-refractivity contribution in [3.05, 3.63) is 95.6 Å². The number of anilines is 1. The summed E-state index contributed by atoms with van der Waals surface area (Å²) in [4.78, 5) is 14.8. The van der Waals surface area contributed by atoms with Gasteiger partial charge in [-0.25, -0.2) is 8.42 Å². The predicted octanol–water partition coefficient (Wildman–Crippen LogP) is 4.91. The minimum absolute atomic E-state index is 0.166. The zero-order valence-electron chi connectivity index (χ0n) is 18.3. The SMILES string of the molecule is CC(C)c1ccc(CN(C)C(=O)c2cccc(N(C)S(=O)(=O)c3ccccc3)c2)cc1. The standard InChI is InChI=1S/C25H28N2O3S/c1-19(2)21-15-13-20(14-16-21)18-26(3)25(28)22-9-8-10-23(17-22)27(4)31(29,30)24-11-6-5-7-12-24/h5-17,19H,18H2,1-4H3. The van der Waals surface area contributed by atoms with Gasteiger partial charge < -0.3 is 4.90 Å². The monoisotopic (exact) mass is 436 g/mol. The second-order valence-corrected chi connectivity index (χ2v) is 9.86. The first-order valence-electron chi connectivity index (χ1n) is 10.2. The summed E-state index contributed by atoms with van der Waals surface area (Å²) < 4.78 is 27.0. The largest absolute Gasteiger partial charge is 0.337 e. The highest BCUT2D eigenvalue weighted by molar-refractivity contribution is 7.92. The van der Waals surface area contributed by atoms with Gasteiger partial charge in [0.25, 0.3) is 15.9 Å². The Labute approximate surface area is 185 Å². The normalized spacial score (nSPS) is 11.4. The number of rotatable bonds is 7. The summed E-state index contributed by atoms with van der Waals surface area (Å²) in [6, 6.07) is 23.2. The average molecular weight is 437 g/mol. The van der Waals surface area contributed by atoms with Crippen LogP contribution in [0, 0.1) is 0 Å². The Morgan fingerprint density at radius 3 is 2.13 bits per heavy atom. The maximum atomic E-state index is 13.0. The minimum Gasteiger partial charge on any atom is -0.337 e. The van der Waals surface area contributed by atoms with Crippen LogP contribution in [0.5, 0.6) is 0 Å². The van der Waals surface area contributed by atoms with Crippen LogP contribution in [0.1, 0.15) is 41.3 Å². The topological polar surface area (TPSA) is 57.7 Å². The smallest absolute Gasteiger partial charge is 0.264 e. The van der Waals surface area contributed by atoms with Gasteiger partial charge in [0.2, 0.25) is 0 Å². The van der Waals surface area contributed by atoms with Gasteiger partial charge in [-0.2, -0.15) is 0 Å². The van der Waals surface area contributed by atoms with Crippen molar-refractivity contribution in [1.29, 1.82) is 0 Å². The van der Waals surface area contributed by atoms with Crippen LogP contribution >= 0.6 is 0 Å². The molecule has 6 heteroatoms. The molecule has 0 saturated heterocycles. The van der Waals surface area contributed by atoms with Crippen LogP contribution in [0.15, 0.2) is 83.8 Å². The number of carbonyl (C=O) groups excluding carboxylic acids is 1. The molecule has 0 aliphatic carbocycles. The van der Waals surface area contributed by atoms with Crippen molar-refractivity contribution in [3.8, 4) is 0 Å². The Morgan fingerprint density at radius 2 is 1.52 bits per heavy atom. The number of carbonyl (C=O) groups is 1. The first-order valence-corrected chi connectivity index (χ1v) is 11.6. The molecular formula is C25H28N2O3S. The van der Waals surface area contributed by atoms with E-state index in [-0.39, 0.29) is 10.8 Å². The number of benzene rings is 3. The Morgan fingerprint density at radius 1 is 0.871 bits per heavy atom. The number of hydrogen-bond donors (Lipinski definition) is 0. The summed E-state index contributed by atoms with van der Waals surface area (Å²) in [5, 5.41) is 0. The van der Waals surface area contributed by atoms with Gasteiger partial charge in [-0.15, -0.1) is 0 Å². The molecule has 0 aromatic heterocycles. The molecule has 0 unspecified atom stereocenters. The second-order valence-electron chi connectivity index (χ2n) is 7.89. The quantitative estimate of drug-likeness (QED) is 0.529. The average Bonchev–Trinajstić information content (AvgIpc) is 2.79. The summed E-state index contributed by atoms with van der Waals surface area (Å²) in [5.74, 6) is 0.292. The van der Waals surface area contributed by atoms with Gasteiger partial charge in [-0.05, 0) is 47.4 Å². The lowest BCUT2D eigenvalue weighted by Gasteiger charge is -2.22. The summed E-state index contributed by atoms with van der Waals surface area (Å²) >= 11 is 0. The third kappa shape index (κ3) is 5.14. The molecule has 31 heavy (non-hydrogen) atoms. The summed E-state index contributed by atoms with van der Waals surface area (Å²) in [7, 11) is -0.468. The van der Waals surface area contributed by atoms with E-state index in [9.17, 15) is 13.2 Å². The lowest BCUT2D eigenvalue weighted by atomic mass is 10.0. The maximum Gasteiger partial charge on any atom is 0.264 e. The molecule has 3 rings (SSSR count). The fraction of sp³-hybridized carbons (Fsp3) is 0.240. The molecule has 0 aliphatic rings. The molecule has 162 valence electrons. The molecule has 0 N–H and O–H groups in total. The Balaban J connectivity index is 1.78. The highest BCUT2D eigenvalue weighted by Crippen LogP contribution is 2.23. The van der Waals surface area contributed by atoms with Crippen molar-refractivity contribution in [2.75, 3.05) is 18.4 Å². The number of sulfonamides is 1. The predicted molar refractivity (Wildman–Crippen MR) is 125 cm³/mol. The van der Waals surface area contributed by atoms with Crippen LogP contribution in [0.3, 0.4) is 0 Å². The van der Waals surface area contributed by atoms with E-state index in [2.05, 4.69) is 26.0 Å². The number of hydrogen-bond acceptors (Lipinski definition) is 3. The first kappa shape index (κ1) is 22.6. The van der Waals surface area contributed by atoms with E-state index in [1.165, 1.54) is 16.9 Å². The Bertz CT molecular complexity index is 1140. The zero-order valence-corrected chi connectivity index (χ0v) is 19.1. The molecule has 3 aromatic rings. The highest BCUT2D eigenvalue weighted by Gasteiger charge is 2.22. The Hall–Kier alpha value is -3.12. The van der Waals surface area contributed by atoms with Crippen molar-refractivity contribution in [1.82, 2.24) is 4.90 Å². The van der Waals surface area contributed by atoms with E-state index in [0.29, 0.717) is 23.7 Å². The maximum absolute atomic E-state index is 13.0. The van der Waals surface area contributed by atoms with E-state index < -0.39 is 10.0 Å². The molecule has 5 nitrogen and oxygen atoms in total. The van der Waals surface area contributed by atoms with Gasteiger partial charge in [0.05, 0.1) is 10.6 Å². The summed E-state index contributed by atoms with van der Waals surface area (Å²) in [6.45, 7) is 4.76. The van der Waals surface area contributed by atoms with Crippen molar-refractivity contribution in [3.63, 3.8) is 0 Å². The van der Waals surface area contributed by atoms with E-state index in [1.807, 2.05) is 12.1 Å². The van der Waals surface area contributed by atoms with E-state index in [0.717, 1.165) is 5.56 Å². The van der Waals surface area contributed by atoms with Gasteiger partial charge >= 0.3 is 0 Å². The zero-order chi connectivity index (χ0) is 22.6. The molecular weight excluding hydrogens is 408 g/mol. The lowest BCUT2D eigenvalue weighted by molar-refractivity contribution is 0.0785. The van der Waals surface area contributed by atoms with Crippen LogP contribution in [0.2, 0.25) is 0 Å². The highest BCUT2D eigenvalue weighted by atomic mass is 32.2. The van der Waals surface area contributed by atoms with E-state index in [4.69, 9.17) is 0 Å². The number of nitrogens with zero attached hydrogens (tertiary/aromatic N) is 2. The third-order valence-corrected chi connectivity index (χ3v) is 7.07. The fourth-order valence-electron chi connectivity index (χ4n) is 3.30. The van der Waals surface area contributed by atoms with E-state index >= 15 is 0 Å². The fourth-order valence-corrected chi connectivity index (χ4v) is 4.51. The van der Waals surface area contributed by atoms with Crippen LogP contribution in [-0.2, 0) is 16.6 Å². The molecule has 0 saturated carbocycles. The number of amides is 1. The minimum atomic E-state index is -3.71. The first-order chi connectivity index (χ1) is 14.7. The molecule has 0 fully saturated rings. The van der Waals surface area contributed by atoms with Crippen molar-refractivity contribution in [2.24, 2.45) is 0 Å². The summed E-state index contributed by atoms with van der Waals surface area (Å²) in [6.07, 6.45) is 0. The van der Waals surface area contributed by atoms with Gasteiger partial charge in [0, 0.05) is 26.2 Å². The van der Waals surface area contributed by atoms with Crippen LogP contribution < -0.4 is 4.31 Å². The van der Waals surface area contributed by atoms with Gasteiger partial charge in [-0.3, -0.25) is 9.10 Å². The molecule has 0 heterocycles.